The van der Waals surface area contributed by atoms with E-state index < -0.39 is 10.0 Å². The lowest BCUT2D eigenvalue weighted by atomic mass is 10.1. The first-order valence-electron chi connectivity index (χ1n) is 7.61. The van der Waals surface area contributed by atoms with Gasteiger partial charge in [-0.25, -0.2) is 8.42 Å². The summed E-state index contributed by atoms with van der Waals surface area (Å²) >= 11 is 0. The third kappa shape index (κ3) is 3.31. The normalized spacial score (nSPS) is 11.2. The number of nitrogens with zero attached hydrogens (tertiary/aromatic N) is 2. The van der Waals surface area contributed by atoms with Crippen LogP contribution in [0.2, 0.25) is 0 Å². The van der Waals surface area contributed by atoms with Gasteiger partial charge in [0.25, 0.3) is 10.0 Å². The molecule has 122 valence electrons. The van der Waals surface area contributed by atoms with E-state index in [2.05, 4.69) is 4.98 Å². The van der Waals surface area contributed by atoms with Crippen molar-refractivity contribution in [3.63, 3.8) is 0 Å². The molecule has 0 radical (unpaired) electrons. The Balaban J connectivity index is 1.98. The van der Waals surface area contributed by atoms with Crippen molar-refractivity contribution in [1.82, 2.24) is 4.98 Å². The lowest BCUT2D eigenvalue weighted by Gasteiger charge is -2.22. The zero-order valence-corrected chi connectivity index (χ0v) is 14.1. The second-order valence-electron chi connectivity index (χ2n) is 5.41. The number of anilines is 1. The molecular weight excluding hydrogens is 320 g/mol. The largest absolute Gasteiger partial charge is 0.269 e. The van der Waals surface area contributed by atoms with Crippen molar-refractivity contribution in [2.24, 2.45) is 0 Å². The van der Waals surface area contributed by atoms with Crippen molar-refractivity contribution in [1.29, 1.82) is 0 Å². The van der Waals surface area contributed by atoms with Crippen LogP contribution < -0.4 is 4.31 Å². The van der Waals surface area contributed by atoms with Crippen molar-refractivity contribution in [3.8, 4) is 0 Å². The van der Waals surface area contributed by atoms with Crippen molar-refractivity contribution in [2.75, 3.05) is 11.4 Å². The van der Waals surface area contributed by atoms with Gasteiger partial charge in [-0.2, -0.15) is 0 Å². The van der Waals surface area contributed by atoms with E-state index in [-0.39, 0.29) is 4.90 Å². The molecule has 3 rings (SSSR count). The van der Waals surface area contributed by atoms with Gasteiger partial charge in [0.05, 0.1) is 10.6 Å². The molecule has 3 aromatic rings. The molecule has 0 fully saturated rings. The first-order chi connectivity index (χ1) is 11.6. The maximum atomic E-state index is 12.8. The number of benzene rings is 2. The minimum absolute atomic E-state index is 0.278. The van der Waals surface area contributed by atoms with E-state index in [9.17, 15) is 8.42 Å². The Morgan fingerprint density at radius 2 is 1.54 bits per heavy atom. The molecule has 1 aromatic heterocycles. The number of hydrogen-bond acceptors (Lipinski definition) is 3. The average molecular weight is 338 g/mol. The van der Waals surface area contributed by atoms with Crippen LogP contribution in [-0.4, -0.2) is 20.4 Å². The zero-order chi connectivity index (χ0) is 17.0. The summed E-state index contributed by atoms with van der Waals surface area (Å²) in [5.74, 6) is 0. The zero-order valence-electron chi connectivity index (χ0n) is 13.3. The number of para-hydroxylation sites is 1. The van der Waals surface area contributed by atoms with E-state index in [1.807, 2.05) is 42.5 Å². The van der Waals surface area contributed by atoms with Crippen LogP contribution in [0.15, 0.2) is 83.9 Å². The Hall–Kier alpha value is -2.66. The summed E-state index contributed by atoms with van der Waals surface area (Å²) in [7, 11) is -2.01. The molecule has 24 heavy (non-hydrogen) atoms. The molecule has 1 heterocycles. The molecule has 0 spiro atoms. The van der Waals surface area contributed by atoms with Gasteiger partial charge < -0.3 is 0 Å². The van der Waals surface area contributed by atoms with Crippen molar-refractivity contribution >= 4 is 15.7 Å². The van der Waals surface area contributed by atoms with Gasteiger partial charge in [-0.15, -0.1) is 0 Å². The molecule has 0 atom stereocenters. The molecule has 0 aliphatic heterocycles. The number of rotatable bonds is 5. The maximum absolute atomic E-state index is 12.8. The summed E-state index contributed by atoms with van der Waals surface area (Å²) in [6, 6.07) is 21.7. The fourth-order valence-corrected chi connectivity index (χ4v) is 3.80. The highest BCUT2D eigenvalue weighted by molar-refractivity contribution is 7.92. The highest BCUT2D eigenvalue weighted by atomic mass is 32.2. The Kier molecular flexibility index (Phi) is 4.62. The molecule has 0 bridgehead atoms. The molecule has 0 aliphatic carbocycles. The summed E-state index contributed by atoms with van der Waals surface area (Å²) < 4.78 is 27.0. The van der Waals surface area contributed by atoms with Crippen LogP contribution in [-0.2, 0) is 16.4 Å². The highest BCUT2D eigenvalue weighted by Crippen LogP contribution is 2.26. The Labute approximate surface area is 142 Å². The minimum atomic E-state index is -3.59. The highest BCUT2D eigenvalue weighted by Gasteiger charge is 2.22. The number of hydrogen-bond donors (Lipinski definition) is 0. The van der Waals surface area contributed by atoms with Crippen LogP contribution >= 0.6 is 0 Å². The second kappa shape index (κ2) is 6.84. The van der Waals surface area contributed by atoms with Crippen molar-refractivity contribution < 1.29 is 8.42 Å². The van der Waals surface area contributed by atoms with E-state index in [0.29, 0.717) is 12.1 Å². The fourth-order valence-electron chi connectivity index (χ4n) is 2.55. The van der Waals surface area contributed by atoms with Crippen molar-refractivity contribution in [3.05, 3.63) is 90.3 Å². The van der Waals surface area contributed by atoms with E-state index in [1.54, 1.807) is 43.6 Å². The number of sulfonamides is 1. The molecule has 5 heteroatoms. The SMILES string of the molecule is CN(c1ccccc1Cc1ccccn1)S(=O)(=O)c1ccccc1. The van der Waals surface area contributed by atoms with Crippen LogP contribution in [0.4, 0.5) is 5.69 Å². The van der Waals surface area contributed by atoms with E-state index in [4.69, 9.17) is 0 Å². The van der Waals surface area contributed by atoms with Gasteiger partial charge in [-0.05, 0) is 35.9 Å². The first kappa shape index (κ1) is 16.2. The quantitative estimate of drug-likeness (QED) is 0.715. The van der Waals surface area contributed by atoms with E-state index >= 15 is 0 Å². The Morgan fingerprint density at radius 3 is 2.25 bits per heavy atom. The summed E-state index contributed by atoms with van der Waals surface area (Å²) in [6.45, 7) is 0. The van der Waals surface area contributed by atoms with Gasteiger partial charge in [0, 0.05) is 25.4 Å². The topological polar surface area (TPSA) is 50.3 Å². The summed E-state index contributed by atoms with van der Waals surface area (Å²) in [5.41, 5.74) is 2.47. The monoisotopic (exact) mass is 338 g/mol. The molecule has 0 saturated carbocycles. The van der Waals surface area contributed by atoms with Gasteiger partial charge in [0.15, 0.2) is 0 Å². The predicted octanol–water partition coefficient (Wildman–Crippen LogP) is 3.50. The average Bonchev–Trinajstić information content (AvgIpc) is 2.63. The molecule has 4 nitrogen and oxygen atoms in total. The molecular formula is C19H18N2O2S. The van der Waals surface area contributed by atoms with Gasteiger partial charge in [-0.1, -0.05) is 42.5 Å². The van der Waals surface area contributed by atoms with E-state index in [0.717, 1.165) is 11.3 Å². The molecule has 0 aliphatic rings. The third-order valence-electron chi connectivity index (χ3n) is 3.83. The van der Waals surface area contributed by atoms with Crippen molar-refractivity contribution in [2.45, 2.75) is 11.3 Å². The first-order valence-corrected chi connectivity index (χ1v) is 9.05. The molecule has 0 amide bonds. The lowest BCUT2D eigenvalue weighted by molar-refractivity contribution is 0.594. The van der Waals surface area contributed by atoms with Crippen LogP contribution in [0.1, 0.15) is 11.3 Å². The smallest absolute Gasteiger partial charge is 0.264 e. The standard InChI is InChI=1S/C19H18N2O2S/c1-21(24(22,23)18-11-3-2-4-12-18)19-13-6-5-9-16(19)15-17-10-7-8-14-20-17/h2-14H,15H2,1H3. The van der Waals surface area contributed by atoms with Gasteiger partial charge >= 0.3 is 0 Å². The van der Waals surface area contributed by atoms with Gasteiger partial charge in [0.1, 0.15) is 0 Å². The number of aromatic nitrogens is 1. The number of pyridine rings is 1. The van der Waals surface area contributed by atoms with Crippen LogP contribution in [0.25, 0.3) is 0 Å². The molecule has 0 unspecified atom stereocenters. The molecule has 2 aromatic carbocycles. The van der Waals surface area contributed by atoms with Gasteiger partial charge in [-0.3, -0.25) is 9.29 Å². The molecule has 0 saturated heterocycles. The summed E-state index contributed by atoms with van der Waals surface area (Å²) in [6.07, 6.45) is 2.31. The Morgan fingerprint density at radius 1 is 0.875 bits per heavy atom. The summed E-state index contributed by atoms with van der Waals surface area (Å²) in [4.78, 5) is 4.60. The minimum Gasteiger partial charge on any atom is -0.269 e. The van der Waals surface area contributed by atoms with Crippen LogP contribution in [0.3, 0.4) is 0 Å². The third-order valence-corrected chi connectivity index (χ3v) is 5.62. The van der Waals surface area contributed by atoms with Gasteiger partial charge in [0.2, 0.25) is 0 Å². The maximum Gasteiger partial charge on any atom is 0.264 e. The van der Waals surface area contributed by atoms with Crippen LogP contribution in [0, 0.1) is 0 Å². The van der Waals surface area contributed by atoms with E-state index in [1.165, 1.54) is 4.31 Å². The summed E-state index contributed by atoms with van der Waals surface area (Å²) in [5, 5.41) is 0. The second-order valence-corrected chi connectivity index (χ2v) is 7.38. The Bertz CT molecular complexity index is 910. The molecule has 0 N–H and O–H groups in total. The fraction of sp³-hybridized carbons (Fsp3) is 0.105. The predicted molar refractivity (Wildman–Crippen MR) is 95.5 cm³/mol. The van der Waals surface area contributed by atoms with Crippen LogP contribution in [0.5, 0.6) is 0 Å². The lowest BCUT2D eigenvalue weighted by Crippen LogP contribution is -2.27.